The van der Waals surface area contributed by atoms with Crippen LogP contribution in [-0.2, 0) is 9.59 Å². The van der Waals surface area contributed by atoms with Gasteiger partial charge in [0, 0.05) is 5.03 Å². The molecule has 1 saturated heterocycles. The molecule has 0 aromatic heterocycles. The molecule has 0 radical (unpaired) electrons. The predicted octanol–water partition coefficient (Wildman–Crippen LogP) is 2.22. The van der Waals surface area contributed by atoms with Gasteiger partial charge < -0.3 is 10.2 Å². The van der Waals surface area contributed by atoms with Crippen LogP contribution in [0.2, 0.25) is 0 Å². The van der Waals surface area contributed by atoms with Crippen molar-refractivity contribution in [1.82, 2.24) is 10.2 Å². The number of hydrogen-bond donors (Lipinski definition) is 1. The zero-order valence-electron chi connectivity index (χ0n) is 11.3. The van der Waals surface area contributed by atoms with Crippen LogP contribution in [-0.4, -0.2) is 29.3 Å². The van der Waals surface area contributed by atoms with E-state index in [4.69, 9.17) is 11.6 Å². The maximum Gasteiger partial charge on any atom is 0.250 e. The van der Waals surface area contributed by atoms with Crippen molar-refractivity contribution in [2.75, 3.05) is 6.54 Å². The number of rotatable bonds is 4. The summed E-state index contributed by atoms with van der Waals surface area (Å²) >= 11 is 5.82. The Labute approximate surface area is 123 Å². The van der Waals surface area contributed by atoms with Gasteiger partial charge in [0.05, 0.1) is 6.54 Å². The third kappa shape index (κ3) is 2.85. The zero-order valence-corrected chi connectivity index (χ0v) is 12.1. The highest BCUT2D eigenvalue weighted by atomic mass is 35.5. The van der Waals surface area contributed by atoms with Gasteiger partial charge in [0.25, 0.3) is 5.91 Å². The van der Waals surface area contributed by atoms with Gasteiger partial charge in [-0.25, -0.2) is 0 Å². The van der Waals surface area contributed by atoms with E-state index in [0.29, 0.717) is 11.5 Å². The van der Waals surface area contributed by atoms with Crippen molar-refractivity contribution in [3.63, 3.8) is 0 Å². The molecule has 1 heterocycles. The monoisotopic (exact) mass is 292 g/mol. The molecule has 0 saturated carbocycles. The lowest BCUT2D eigenvalue weighted by Gasteiger charge is -2.38. The van der Waals surface area contributed by atoms with Crippen molar-refractivity contribution in [1.29, 1.82) is 0 Å². The van der Waals surface area contributed by atoms with Gasteiger partial charge in [-0.15, -0.1) is 0 Å². The highest BCUT2D eigenvalue weighted by molar-refractivity contribution is 6.29. The number of nitrogens with one attached hydrogen (secondary N) is 1. The van der Waals surface area contributed by atoms with E-state index >= 15 is 0 Å². The first-order valence-electron chi connectivity index (χ1n) is 6.53. The Bertz CT molecular complexity index is 530. The Hall–Kier alpha value is -1.81. The van der Waals surface area contributed by atoms with E-state index < -0.39 is 12.1 Å². The summed E-state index contributed by atoms with van der Waals surface area (Å²) in [6.45, 7) is 5.67. The second-order valence-corrected chi connectivity index (χ2v) is 5.29. The molecule has 2 unspecified atom stereocenters. The Balaban J connectivity index is 2.31. The molecule has 0 aliphatic carbocycles. The average Bonchev–Trinajstić information content (AvgIpc) is 2.43. The van der Waals surface area contributed by atoms with E-state index in [1.54, 1.807) is 0 Å². The number of hydrogen-bond acceptors (Lipinski definition) is 2. The SMILES string of the molecule is C=C(Cl)CN1C(=O)C(c2ccccc2)NC(=O)C1CC. The maximum atomic E-state index is 12.6. The first-order valence-corrected chi connectivity index (χ1v) is 6.91. The molecule has 0 spiro atoms. The van der Waals surface area contributed by atoms with Crippen molar-refractivity contribution < 1.29 is 9.59 Å². The van der Waals surface area contributed by atoms with E-state index in [9.17, 15) is 9.59 Å². The molecule has 2 rings (SSSR count). The summed E-state index contributed by atoms with van der Waals surface area (Å²) in [5.74, 6) is -0.302. The molecule has 4 nitrogen and oxygen atoms in total. The Kier molecular flexibility index (Phi) is 4.45. The fourth-order valence-electron chi connectivity index (χ4n) is 2.41. The van der Waals surface area contributed by atoms with Crippen LogP contribution >= 0.6 is 11.6 Å². The van der Waals surface area contributed by atoms with Crippen LogP contribution in [0, 0.1) is 0 Å². The molecule has 2 amide bonds. The molecule has 1 aliphatic rings. The van der Waals surface area contributed by atoms with Gasteiger partial charge in [0.1, 0.15) is 12.1 Å². The largest absolute Gasteiger partial charge is 0.339 e. The Morgan fingerprint density at radius 1 is 1.35 bits per heavy atom. The van der Waals surface area contributed by atoms with Crippen LogP contribution < -0.4 is 5.32 Å². The first-order chi connectivity index (χ1) is 9.54. The van der Waals surface area contributed by atoms with Gasteiger partial charge >= 0.3 is 0 Å². The number of carbonyl (C=O) groups is 2. The third-order valence-corrected chi connectivity index (χ3v) is 3.48. The zero-order chi connectivity index (χ0) is 14.7. The van der Waals surface area contributed by atoms with Crippen LogP contribution in [0.3, 0.4) is 0 Å². The molecule has 2 atom stereocenters. The van der Waals surface area contributed by atoms with Crippen molar-refractivity contribution in [2.24, 2.45) is 0 Å². The molecule has 1 fully saturated rings. The molecule has 5 heteroatoms. The molecular weight excluding hydrogens is 276 g/mol. The van der Waals surface area contributed by atoms with E-state index in [-0.39, 0.29) is 18.4 Å². The smallest absolute Gasteiger partial charge is 0.250 e. The Morgan fingerprint density at radius 2 is 2.00 bits per heavy atom. The summed E-state index contributed by atoms with van der Waals surface area (Å²) in [6, 6.07) is 8.05. The van der Waals surface area contributed by atoms with Gasteiger partial charge in [0.2, 0.25) is 5.91 Å². The van der Waals surface area contributed by atoms with Gasteiger partial charge in [-0.1, -0.05) is 55.4 Å². The molecule has 1 aromatic rings. The molecular formula is C15H17ClN2O2. The number of amides is 2. The summed E-state index contributed by atoms with van der Waals surface area (Å²) in [6.07, 6.45) is 0.545. The summed E-state index contributed by atoms with van der Waals surface area (Å²) < 4.78 is 0. The van der Waals surface area contributed by atoms with E-state index in [0.717, 1.165) is 5.56 Å². The standard InChI is InChI=1S/C15H17ClN2O2/c1-3-12-14(19)17-13(11-7-5-4-6-8-11)15(20)18(12)9-10(2)16/h4-8,12-13H,2-3,9H2,1H3,(H,17,19). The third-order valence-electron chi connectivity index (χ3n) is 3.36. The molecule has 106 valence electrons. The minimum absolute atomic E-state index is 0.149. The molecule has 1 N–H and O–H groups in total. The van der Waals surface area contributed by atoms with Crippen molar-refractivity contribution >= 4 is 23.4 Å². The molecule has 1 aliphatic heterocycles. The fourth-order valence-corrected chi connectivity index (χ4v) is 2.54. The van der Waals surface area contributed by atoms with E-state index in [2.05, 4.69) is 11.9 Å². The molecule has 1 aromatic carbocycles. The van der Waals surface area contributed by atoms with Crippen LogP contribution in [0.15, 0.2) is 41.9 Å². The highest BCUT2D eigenvalue weighted by Gasteiger charge is 2.40. The second kappa shape index (κ2) is 6.09. The van der Waals surface area contributed by atoms with Gasteiger partial charge in [-0.3, -0.25) is 9.59 Å². The van der Waals surface area contributed by atoms with E-state index in [1.165, 1.54) is 4.90 Å². The number of carbonyl (C=O) groups excluding carboxylic acids is 2. The average molecular weight is 293 g/mol. The minimum Gasteiger partial charge on any atom is -0.339 e. The number of piperazine rings is 1. The maximum absolute atomic E-state index is 12.6. The quantitative estimate of drug-likeness (QED) is 0.925. The van der Waals surface area contributed by atoms with Crippen LogP contribution in [0.4, 0.5) is 0 Å². The van der Waals surface area contributed by atoms with Crippen molar-refractivity contribution in [2.45, 2.75) is 25.4 Å². The van der Waals surface area contributed by atoms with Crippen LogP contribution in [0.1, 0.15) is 24.9 Å². The number of nitrogens with zero attached hydrogens (tertiary/aromatic N) is 1. The lowest BCUT2D eigenvalue weighted by molar-refractivity contribution is -0.149. The van der Waals surface area contributed by atoms with E-state index in [1.807, 2.05) is 37.3 Å². The molecule has 0 bridgehead atoms. The van der Waals surface area contributed by atoms with Crippen molar-refractivity contribution in [3.05, 3.63) is 47.5 Å². The van der Waals surface area contributed by atoms with Crippen LogP contribution in [0.25, 0.3) is 0 Å². The fraction of sp³-hybridized carbons (Fsp3) is 0.333. The number of benzene rings is 1. The van der Waals surface area contributed by atoms with Crippen molar-refractivity contribution in [3.8, 4) is 0 Å². The summed E-state index contributed by atoms with van der Waals surface area (Å²) in [5.41, 5.74) is 0.769. The first kappa shape index (κ1) is 14.6. The normalized spacial score (nSPS) is 22.6. The van der Waals surface area contributed by atoms with Gasteiger partial charge in [-0.05, 0) is 12.0 Å². The number of halogens is 1. The second-order valence-electron chi connectivity index (χ2n) is 4.76. The minimum atomic E-state index is -0.650. The summed E-state index contributed by atoms with van der Waals surface area (Å²) in [5, 5.41) is 3.13. The Morgan fingerprint density at radius 3 is 2.55 bits per heavy atom. The predicted molar refractivity (Wildman–Crippen MR) is 78.1 cm³/mol. The van der Waals surface area contributed by atoms with Crippen LogP contribution in [0.5, 0.6) is 0 Å². The summed E-state index contributed by atoms with van der Waals surface area (Å²) in [4.78, 5) is 26.3. The summed E-state index contributed by atoms with van der Waals surface area (Å²) in [7, 11) is 0. The lowest BCUT2D eigenvalue weighted by atomic mass is 9.99. The van der Waals surface area contributed by atoms with Gasteiger partial charge in [0.15, 0.2) is 0 Å². The topological polar surface area (TPSA) is 49.4 Å². The molecule has 20 heavy (non-hydrogen) atoms. The highest BCUT2D eigenvalue weighted by Crippen LogP contribution is 2.24. The van der Waals surface area contributed by atoms with Gasteiger partial charge in [-0.2, -0.15) is 0 Å². The lowest BCUT2D eigenvalue weighted by Crippen LogP contribution is -2.59.